The highest BCUT2D eigenvalue weighted by molar-refractivity contribution is 5.66. The minimum atomic E-state index is -0.731. The SMILES string of the molecule is COCCCNC(C)CCC(=O)O. The Balaban J connectivity index is 3.19. The highest BCUT2D eigenvalue weighted by atomic mass is 16.5. The van der Waals surface area contributed by atoms with E-state index in [2.05, 4.69) is 5.32 Å². The molecule has 0 heterocycles. The van der Waals surface area contributed by atoms with Gasteiger partial charge in [-0.2, -0.15) is 0 Å². The van der Waals surface area contributed by atoms with Crippen LogP contribution in [0.3, 0.4) is 0 Å². The molecule has 0 aliphatic carbocycles. The van der Waals surface area contributed by atoms with E-state index in [9.17, 15) is 4.79 Å². The Bertz CT molecular complexity index is 139. The van der Waals surface area contributed by atoms with Gasteiger partial charge in [0.1, 0.15) is 0 Å². The van der Waals surface area contributed by atoms with Gasteiger partial charge in [0.15, 0.2) is 0 Å². The molecule has 0 aliphatic rings. The molecule has 78 valence electrons. The lowest BCUT2D eigenvalue weighted by molar-refractivity contribution is -0.137. The largest absolute Gasteiger partial charge is 0.481 e. The van der Waals surface area contributed by atoms with Gasteiger partial charge in [-0.3, -0.25) is 4.79 Å². The van der Waals surface area contributed by atoms with E-state index in [-0.39, 0.29) is 12.5 Å². The molecular formula is C9H19NO3. The standard InChI is InChI=1S/C9H19NO3/c1-8(4-5-9(11)12)10-6-3-7-13-2/h8,10H,3-7H2,1-2H3,(H,11,12). The van der Waals surface area contributed by atoms with Gasteiger partial charge in [-0.1, -0.05) is 0 Å². The Morgan fingerprint density at radius 3 is 2.85 bits per heavy atom. The molecule has 0 amide bonds. The number of ether oxygens (including phenoxy) is 1. The first-order valence-electron chi connectivity index (χ1n) is 4.61. The Hall–Kier alpha value is -0.610. The summed E-state index contributed by atoms with van der Waals surface area (Å²) in [7, 11) is 1.67. The number of rotatable bonds is 8. The summed E-state index contributed by atoms with van der Waals surface area (Å²) in [5.74, 6) is -0.731. The Labute approximate surface area is 79.3 Å². The van der Waals surface area contributed by atoms with Crippen molar-refractivity contribution in [3.8, 4) is 0 Å². The van der Waals surface area contributed by atoms with Crippen LogP contribution in [-0.4, -0.2) is 37.4 Å². The molecule has 0 aromatic carbocycles. The average molecular weight is 189 g/mol. The van der Waals surface area contributed by atoms with Gasteiger partial charge in [0.2, 0.25) is 0 Å². The van der Waals surface area contributed by atoms with Gasteiger partial charge in [0.25, 0.3) is 0 Å². The lowest BCUT2D eigenvalue weighted by atomic mass is 10.2. The molecule has 2 N–H and O–H groups in total. The molecule has 0 aromatic rings. The van der Waals surface area contributed by atoms with Gasteiger partial charge in [-0.25, -0.2) is 0 Å². The minimum Gasteiger partial charge on any atom is -0.481 e. The summed E-state index contributed by atoms with van der Waals surface area (Å²) < 4.78 is 4.89. The lowest BCUT2D eigenvalue weighted by Gasteiger charge is -2.11. The predicted molar refractivity (Wildman–Crippen MR) is 50.8 cm³/mol. The second-order valence-corrected chi connectivity index (χ2v) is 3.13. The second-order valence-electron chi connectivity index (χ2n) is 3.13. The van der Waals surface area contributed by atoms with Crippen LogP contribution >= 0.6 is 0 Å². The monoisotopic (exact) mass is 189 g/mol. The van der Waals surface area contributed by atoms with Crippen LogP contribution in [0, 0.1) is 0 Å². The van der Waals surface area contributed by atoms with Gasteiger partial charge in [-0.15, -0.1) is 0 Å². The fraction of sp³-hybridized carbons (Fsp3) is 0.889. The first-order chi connectivity index (χ1) is 6.16. The zero-order valence-corrected chi connectivity index (χ0v) is 8.38. The first-order valence-corrected chi connectivity index (χ1v) is 4.61. The van der Waals surface area contributed by atoms with E-state index in [4.69, 9.17) is 9.84 Å². The van der Waals surface area contributed by atoms with Gasteiger partial charge >= 0.3 is 5.97 Å². The fourth-order valence-corrected chi connectivity index (χ4v) is 1.01. The third-order valence-electron chi connectivity index (χ3n) is 1.81. The van der Waals surface area contributed by atoms with Crippen molar-refractivity contribution in [3.63, 3.8) is 0 Å². The maximum Gasteiger partial charge on any atom is 0.303 e. The molecule has 1 atom stereocenters. The quantitative estimate of drug-likeness (QED) is 0.556. The van der Waals surface area contributed by atoms with Crippen molar-refractivity contribution < 1.29 is 14.6 Å². The smallest absolute Gasteiger partial charge is 0.303 e. The maximum atomic E-state index is 10.2. The molecule has 0 saturated carbocycles. The summed E-state index contributed by atoms with van der Waals surface area (Å²) >= 11 is 0. The number of carboxylic acids is 1. The van der Waals surface area contributed by atoms with E-state index in [1.54, 1.807) is 7.11 Å². The Morgan fingerprint density at radius 2 is 2.31 bits per heavy atom. The summed E-state index contributed by atoms with van der Waals surface area (Å²) in [5, 5.41) is 11.7. The number of nitrogens with one attached hydrogen (secondary N) is 1. The van der Waals surface area contributed by atoms with Crippen molar-refractivity contribution in [1.29, 1.82) is 0 Å². The van der Waals surface area contributed by atoms with Gasteiger partial charge in [-0.05, 0) is 26.3 Å². The summed E-state index contributed by atoms with van der Waals surface area (Å²) in [6.07, 6.45) is 1.88. The molecule has 13 heavy (non-hydrogen) atoms. The van der Waals surface area contributed by atoms with Crippen LogP contribution in [0.25, 0.3) is 0 Å². The van der Waals surface area contributed by atoms with Crippen LogP contribution in [-0.2, 0) is 9.53 Å². The molecule has 0 aliphatic heterocycles. The third kappa shape index (κ3) is 9.30. The molecule has 4 heteroatoms. The van der Waals surface area contributed by atoms with Crippen LogP contribution in [0.4, 0.5) is 0 Å². The van der Waals surface area contributed by atoms with Crippen molar-refractivity contribution in [1.82, 2.24) is 5.32 Å². The van der Waals surface area contributed by atoms with Gasteiger partial charge in [0, 0.05) is 26.2 Å². The molecule has 0 spiro atoms. The molecule has 0 aromatic heterocycles. The number of carboxylic acid groups (broad SMARTS) is 1. The number of aliphatic carboxylic acids is 1. The minimum absolute atomic E-state index is 0.235. The average Bonchev–Trinajstić information content (AvgIpc) is 2.09. The molecule has 0 saturated heterocycles. The Kier molecular flexibility index (Phi) is 7.63. The van der Waals surface area contributed by atoms with Crippen LogP contribution in [0.5, 0.6) is 0 Å². The number of hydrogen-bond acceptors (Lipinski definition) is 3. The van der Waals surface area contributed by atoms with E-state index in [1.807, 2.05) is 6.92 Å². The number of hydrogen-bond donors (Lipinski definition) is 2. The molecule has 4 nitrogen and oxygen atoms in total. The summed E-state index contributed by atoms with van der Waals surface area (Å²) in [5.41, 5.74) is 0. The topological polar surface area (TPSA) is 58.6 Å². The predicted octanol–water partition coefficient (Wildman–Crippen LogP) is 0.866. The normalized spacial score (nSPS) is 12.8. The van der Waals surface area contributed by atoms with Gasteiger partial charge < -0.3 is 15.2 Å². The van der Waals surface area contributed by atoms with E-state index < -0.39 is 5.97 Å². The van der Waals surface area contributed by atoms with Crippen LogP contribution in [0.2, 0.25) is 0 Å². The van der Waals surface area contributed by atoms with E-state index >= 15 is 0 Å². The molecule has 0 radical (unpaired) electrons. The summed E-state index contributed by atoms with van der Waals surface area (Å²) in [4.78, 5) is 10.2. The summed E-state index contributed by atoms with van der Waals surface area (Å²) in [6, 6.07) is 0.271. The van der Waals surface area contributed by atoms with Crippen molar-refractivity contribution in [2.75, 3.05) is 20.3 Å². The van der Waals surface area contributed by atoms with E-state index in [0.29, 0.717) is 6.42 Å². The van der Waals surface area contributed by atoms with Crippen molar-refractivity contribution in [2.24, 2.45) is 0 Å². The summed E-state index contributed by atoms with van der Waals surface area (Å²) in [6.45, 7) is 3.63. The molecule has 0 fully saturated rings. The molecular weight excluding hydrogens is 170 g/mol. The highest BCUT2D eigenvalue weighted by Gasteiger charge is 2.03. The van der Waals surface area contributed by atoms with E-state index in [0.717, 1.165) is 19.6 Å². The lowest BCUT2D eigenvalue weighted by Crippen LogP contribution is -2.28. The number of methoxy groups -OCH3 is 1. The van der Waals surface area contributed by atoms with Gasteiger partial charge in [0.05, 0.1) is 0 Å². The molecule has 1 unspecified atom stereocenters. The van der Waals surface area contributed by atoms with Crippen LogP contribution in [0.1, 0.15) is 26.2 Å². The second kappa shape index (κ2) is 8.01. The van der Waals surface area contributed by atoms with E-state index in [1.165, 1.54) is 0 Å². The van der Waals surface area contributed by atoms with Crippen LogP contribution < -0.4 is 5.32 Å². The zero-order chi connectivity index (χ0) is 10.1. The Morgan fingerprint density at radius 1 is 1.62 bits per heavy atom. The molecule has 0 bridgehead atoms. The van der Waals surface area contributed by atoms with Crippen molar-refractivity contribution in [2.45, 2.75) is 32.2 Å². The highest BCUT2D eigenvalue weighted by Crippen LogP contribution is 1.95. The molecule has 0 rings (SSSR count). The van der Waals surface area contributed by atoms with Crippen LogP contribution in [0.15, 0.2) is 0 Å². The maximum absolute atomic E-state index is 10.2. The van der Waals surface area contributed by atoms with Crippen molar-refractivity contribution in [3.05, 3.63) is 0 Å². The number of carbonyl (C=O) groups is 1. The fourth-order valence-electron chi connectivity index (χ4n) is 1.01. The first kappa shape index (κ1) is 12.4. The van der Waals surface area contributed by atoms with Crippen molar-refractivity contribution >= 4 is 5.97 Å². The third-order valence-corrected chi connectivity index (χ3v) is 1.81. The zero-order valence-electron chi connectivity index (χ0n) is 8.38.